The zero-order valence-electron chi connectivity index (χ0n) is 10.9. The van der Waals surface area contributed by atoms with E-state index < -0.39 is 12.0 Å². The maximum Gasteiger partial charge on any atom is 0.326 e. The lowest BCUT2D eigenvalue weighted by Crippen LogP contribution is -2.46. The normalized spacial score (nSPS) is 13.8. The minimum atomic E-state index is -1.07. The predicted molar refractivity (Wildman–Crippen MR) is 69.3 cm³/mol. The number of nitrogens with two attached hydrogens (primary N) is 1. The molecule has 1 aromatic rings. The van der Waals surface area contributed by atoms with E-state index in [0.717, 1.165) is 6.42 Å². The zero-order valence-corrected chi connectivity index (χ0v) is 10.9. The molecule has 5 N–H and O–H groups in total. The zero-order chi connectivity index (χ0) is 14.3. The Hall–Kier alpha value is -1.89. The van der Waals surface area contributed by atoms with Gasteiger partial charge >= 0.3 is 5.97 Å². The molecule has 106 valence electrons. The molecule has 1 aromatic heterocycles. The van der Waals surface area contributed by atoms with Gasteiger partial charge < -0.3 is 21.1 Å². The molecule has 0 aliphatic rings. The Bertz CT molecular complexity index is 405. The highest BCUT2D eigenvalue weighted by Crippen LogP contribution is 2.06. The predicted octanol–water partition coefficient (Wildman–Crippen LogP) is -0.103. The lowest BCUT2D eigenvalue weighted by atomic mass is 10.0. The van der Waals surface area contributed by atoms with E-state index in [1.54, 1.807) is 0 Å². The van der Waals surface area contributed by atoms with E-state index in [-0.39, 0.29) is 24.8 Å². The second kappa shape index (κ2) is 7.52. The van der Waals surface area contributed by atoms with E-state index in [4.69, 9.17) is 10.8 Å². The second-order valence-corrected chi connectivity index (χ2v) is 4.40. The number of aromatic amines is 1. The number of H-pyrrole nitrogens is 1. The molecule has 0 radical (unpaired) electrons. The minimum Gasteiger partial charge on any atom is -0.480 e. The van der Waals surface area contributed by atoms with Crippen molar-refractivity contribution in [3.8, 4) is 0 Å². The number of hydrogen-bond donors (Lipinski definition) is 4. The third-order valence-electron chi connectivity index (χ3n) is 2.89. The highest BCUT2D eigenvalue weighted by atomic mass is 16.4. The summed E-state index contributed by atoms with van der Waals surface area (Å²) in [5.74, 6) is -1.72. The molecular formula is C12H20N4O3. The molecule has 19 heavy (non-hydrogen) atoms. The average molecular weight is 268 g/mol. The molecule has 0 spiro atoms. The second-order valence-electron chi connectivity index (χ2n) is 4.40. The van der Waals surface area contributed by atoms with Gasteiger partial charge in [-0.1, -0.05) is 13.3 Å². The molecule has 0 aromatic carbocycles. The van der Waals surface area contributed by atoms with Crippen LogP contribution in [0, 0.1) is 5.92 Å². The van der Waals surface area contributed by atoms with Crippen LogP contribution >= 0.6 is 0 Å². The molecule has 0 bridgehead atoms. The van der Waals surface area contributed by atoms with Gasteiger partial charge in [-0.15, -0.1) is 0 Å². The Morgan fingerprint density at radius 2 is 2.32 bits per heavy atom. The third-order valence-corrected chi connectivity index (χ3v) is 2.89. The van der Waals surface area contributed by atoms with Crippen LogP contribution in [0.1, 0.15) is 25.5 Å². The maximum atomic E-state index is 11.9. The molecule has 0 saturated heterocycles. The summed E-state index contributed by atoms with van der Waals surface area (Å²) in [5, 5.41) is 11.6. The Morgan fingerprint density at radius 3 is 2.79 bits per heavy atom. The number of aromatic nitrogens is 2. The molecule has 0 fully saturated rings. The van der Waals surface area contributed by atoms with E-state index >= 15 is 0 Å². The molecule has 1 unspecified atom stereocenters. The SMILES string of the molecule is CCCC(CN)C(=O)N[C@H](Cc1cnc[nH]1)C(=O)O. The number of rotatable bonds is 8. The van der Waals surface area contributed by atoms with Gasteiger partial charge in [0.05, 0.1) is 12.2 Å². The summed E-state index contributed by atoms with van der Waals surface area (Å²) >= 11 is 0. The van der Waals surface area contributed by atoms with Gasteiger partial charge in [0.2, 0.25) is 5.91 Å². The summed E-state index contributed by atoms with van der Waals surface area (Å²) in [6, 6.07) is -0.973. The summed E-state index contributed by atoms with van der Waals surface area (Å²) in [4.78, 5) is 29.7. The van der Waals surface area contributed by atoms with E-state index in [2.05, 4.69) is 15.3 Å². The van der Waals surface area contributed by atoms with Crippen LogP contribution in [0.25, 0.3) is 0 Å². The van der Waals surface area contributed by atoms with Gasteiger partial charge in [0.25, 0.3) is 0 Å². The fourth-order valence-corrected chi connectivity index (χ4v) is 1.81. The first-order valence-electron chi connectivity index (χ1n) is 6.29. The van der Waals surface area contributed by atoms with Crippen LogP contribution < -0.4 is 11.1 Å². The molecular weight excluding hydrogens is 248 g/mol. The Kier molecular flexibility index (Phi) is 6.01. The number of imidazole rings is 1. The first-order valence-corrected chi connectivity index (χ1v) is 6.29. The summed E-state index contributed by atoms with van der Waals surface area (Å²) < 4.78 is 0. The van der Waals surface area contributed by atoms with Crippen LogP contribution in [0.2, 0.25) is 0 Å². The fraction of sp³-hybridized carbons (Fsp3) is 0.583. The molecule has 0 saturated carbocycles. The number of hydrogen-bond acceptors (Lipinski definition) is 4. The van der Waals surface area contributed by atoms with Gasteiger partial charge in [0.15, 0.2) is 0 Å². The van der Waals surface area contributed by atoms with E-state index in [0.29, 0.717) is 12.1 Å². The molecule has 1 amide bonds. The summed E-state index contributed by atoms with van der Waals surface area (Å²) in [7, 11) is 0. The first-order chi connectivity index (χ1) is 9.08. The third kappa shape index (κ3) is 4.70. The molecule has 0 aliphatic carbocycles. The number of carbonyl (C=O) groups is 2. The monoisotopic (exact) mass is 268 g/mol. The number of amides is 1. The number of carboxylic acid groups (broad SMARTS) is 1. The fourth-order valence-electron chi connectivity index (χ4n) is 1.81. The van der Waals surface area contributed by atoms with Crippen molar-refractivity contribution in [1.82, 2.24) is 15.3 Å². The largest absolute Gasteiger partial charge is 0.480 e. The number of nitrogens with one attached hydrogen (secondary N) is 2. The molecule has 7 nitrogen and oxygen atoms in total. The quantitative estimate of drug-likeness (QED) is 0.524. The number of aliphatic carboxylic acids is 1. The molecule has 0 aliphatic heterocycles. The summed E-state index contributed by atoms with van der Waals surface area (Å²) in [6.45, 7) is 2.17. The van der Waals surface area contributed by atoms with Gasteiger partial charge in [-0.05, 0) is 6.42 Å². The van der Waals surface area contributed by atoms with Crippen molar-refractivity contribution in [1.29, 1.82) is 0 Å². The van der Waals surface area contributed by atoms with Gasteiger partial charge in [0, 0.05) is 24.9 Å². The maximum absolute atomic E-state index is 11.9. The van der Waals surface area contributed by atoms with Gasteiger partial charge in [0.1, 0.15) is 6.04 Å². The smallest absolute Gasteiger partial charge is 0.326 e. The standard InChI is InChI=1S/C12H20N4O3/c1-2-3-8(5-13)11(17)16-10(12(18)19)4-9-6-14-7-15-9/h6-8,10H,2-5,13H2,1H3,(H,14,15)(H,16,17)(H,18,19)/t8?,10-/m1/s1. The molecule has 7 heteroatoms. The Labute approximate surface area is 111 Å². The van der Waals surface area contributed by atoms with E-state index in [9.17, 15) is 9.59 Å². The highest BCUT2D eigenvalue weighted by molar-refractivity contribution is 5.85. The highest BCUT2D eigenvalue weighted by Gasteiger charge is 2.24. The van der Waals surface area contributed by atoms with Crippen LogP contribution in [0.4, 0.5) is 0 Å². The van der Waals surface area contributed by atoms with Crippen molar-refractivity contribution in [3.63, 3.8) is 0 Å². The van der Waals surface area contributed by atoms with Crippen LogP contribution in [0.3, 0.4) is 0 Å². The number of nitrogens with zero attached hydrogens (tertiary/aromatic N) is 1. The van der Waals surface area contributed by atoms with Crippen LogP contribution in [0.5, 0.6) is 0 Å². The van der Waals surface area contributed by atoms with Crippen molar-refractivity contribution < 1.29 is 14.7 Å². The van der Waals surface area contributed by atoms with Crippen LogP contribution in [-0.4, -0.2) is 39.5 Å². The molecule has 1 rings (SSSR count). The summed E-state index contributed by atoms with van der Waals surface area (Å²) in [5.41, 5.74) is 6.18. The van der Waals surface area contributed by atoms with Crippen molar-refractivity contribution >= 4 is 11.9 Å². The van der Waals surface area contributed by atoms with Crippen LogP contribution in [0.15, 0.2) is 12.5 Å². The number of carboxylic acids is 1. The Balaban J connectivity index is 2.62. The molecule has 1 heterocycles. The number of carbonyl (C=O) groups excluding carboxylic acids is 1. The van der Waals surface area contributed by atoms with Crippen molar-refractivity contribution in [2.75, 3.05) is 6.54 Å². The van der Waals surface area contributed by atoms with Crippen molar-refractivity contribution in [2.45, 2.75) is 32.2 Å². The van der Waals surface area contributed by atoms with Gasteiger partial charge in [-0.25, -0.2) is 9.78 Å². The minimum absolute atomic E-state index is 0.171. The summed E-state index contributed by atoms with van der Waals surface area (Å²) in [6.07, 6.45) is 4.65. The Morgan fingerprint density at radius 1 is 1.58 bits per heavy atom. The van der Waals surface area contributed by atoms with Gasteiger partial charge in [-0.2, -0.15) is 0 Å². The average Bonchev–Trinajstić information content (AvgIpc) is 2.87. The lowest BCUT2D eigenvalue weighted by Gasteiger charge is -2.18. The van der Waals surface area contributed by atoms with Gasteiger partial charge in [-0.3, -0.25) is 4.79 Å². The van der Waals surface area contributed by atoms with Crippen LogP contribution in [-0.2, 0) is 16.0 Å². The lowest BCUT2D eigenvalue weighted by molar-refractivity contribution is -0.142. The first kappa shape index (κ1) is 15.2. The van der Waals surface area contributed by atoms with E-state index in [1.807, 2.05) is 6.92 Å². The van der Waals surface area contributed by atoms with Crippen molar-refractivity contribution in [3.05, 3.63) is 18.2 Å². The molecule has 2 atom stereocenters. The topological polar surface area (TPSA) is 121 Å². The van der Waals surface area contributed by atoms with E-state index in [1.165, 1.54) is 12.5 Å². The van der Waals surface area contributed by atoms with Crippen molar-refractivity contribution in [2.24, 2.45) is 11.7 Å².